The number of methoxy groups -OCH3 is 2. The van der Waals surface area contributed by atoms with E-state index in [4.69, 9.17) is 14.2 Å². The maximum Gasteiger partial charge on any atom is 0.348 e. The number of para-hydroxylation sites is 1. The topological polar surface area (TPSA) is 57.7 Å². The van der Waals surface area contributed by atoms with E-state index in [1.54, 1.807) is 20.3 Å². The van der Waals surface area contributed by atoms with Crippen LogP contribution in [-0.2, 0) is 11.3 Å². The molecule has 0 aliphatic heterocycles. The second-order valence-electron chi connectivity index (χ2n) is 4.74. The Bertz CT molecular complexity index is 827. The summed E-state index contributed by atoms with van der Waals surface area (Å²) in [7, 11) is 3.19. The van der Waals surface area contributed by atoms with Crippen molar-refractivity contribution >= 4 is 28.6 Å². The van der Waals surface area contributed by atoms with Gasteiger partial charge in [-0.2, -0.15) is 0 Å². The van der Waals surface area contributed by atoms with Gasteiger partial charge in [-0.25, -0.2) is 9.78 Å². The number of thiophene rings is 1. The molecule has 0 N–H and O–H groups in total. The monoisotopic (exact) mass is 361 g/mol. The minimum Gasteiger partial charge on any atom is -0.493 e. The molecule has 0 spiro atoms. The number of rotatable bonds is 6. The van der Waals surface area contributed by atoms with Crippen LogP contribution in [0.15, 0.2) is 41.1 Å². The van der Waals surface area contributed by atoms with Crippen LogP contribution in [0.4, 0.5) is 0 Å². The van der Waals surface area contributed by atoms with Gasteiger partial charge >= 0.3 is 5.97 Å². The Morgan fingerprint density at radius 3 is 2.71 bits per heavy atom. The molecule has 0 unspecified atom stereocenters. The second-order valence-corrected chi connectivity index (χ2v) is 6.54. The summed E-state index contributed by atoms with van der Waals surface area (Å²) in [4.78, 5) is 17.0. The predicted octanol–water partition coefficient (Wildman–Crippen LogP) is 4.25. The number of esters is 1. The molecule has 5 nitrogen and oxygen atoms in total. The van der Waals surface area contributed by atoms with E-state index < -0.39 is 0 Å². The molecular weight excluding hydrogens is 346 g/mol. The van der Waals surface area contributed by atoms with Crippen LogP contribution >= 0.6 is 22.7 Å². The number of carbonyl (C=O) groups is 1. The van der Waals surface area contributed by atoms with Crippen molar-refractivity contribution in [2.24, 2.45) is 0 Å². The Morgan fingerprint density at radius 2 is 2.00 bits per heavy atom. The van der Waals surface area contributed by atoms with Gasteiger partial charge in [-0.1, -0.05) is 12.1 Å². The van der Waals surface area contributed by atoms with Crippen molar-refractivity contribution in [3.63, 3.8) is 0 Å². The van der Waals surface area contributed by atoms with Crippen LogP contribution in [0.1, 0.15) is 15.4 Å². The number of nitrogens with zero attached hydrogens (tertiary/aromatic N) is 1. The lowest BCUT2D eigenvalue weighted by Crippen LogP contribution is -2.03. The molecule has 0 radical (unpaired) electrons. The fourth-order valence-electron chi connectivity index (χ4n) is 2.16. The first-order chi connectivity index (χ1) is 11.7. The van der Waals surface area contributed by atoms with E-state index in [9.17, 15) is 4.79 Å². The van der Waals surface area contributed by atoms with E-state index in [-0.39, 0.29) is 12.6 Å². The minimum absolute atomic E-state index is 0.138. The third kappa shape index (κ3) is 3.42. The molecule has 3 rings (SSSR count). The number of carbonyl (C=O) groups excluding carboxylic acids is 1. The molecule has 0 fully saturated rings. The van der Waals surface area contributed by atoms with Crippen LogP contribution in [0, 0.1) is 0 Å². The summed E-state index contributed by atoms with van der Waals surface area (Å²) in [6.45, 7) is 0.138. The number of hydrogen-bond donors (Lipinski definition) is 0. The van der Waals surface area contributed by atoms with Crippen molar-refractivity contribution in [3.05, 3.63) is 51.7 Å². The Labute approximate surface area is 147 Å². The molecule has 3 aromatic rings. The van der Waals surface area contributed by atoms with Crippen LogP contribution in [0.5, 0.6) is 11.5 Å². The number of hydrogen-bond acceptors (Lipinski definition) is 7. The smallest absolute Gasteiger partial charge is 0.348 e. The first-order valence-electron chi connectivity index (χ1n) is 7.09. The minimum atomic E-state index is -0.335. The summed E-state index contributed by atoms with van der Waals surface area (Å²) >= 11 is 2.82. The molecular formula is C17H15NO4S2. The summed E-state index contributed by atoms with van der Waals surface area (Å²) in [6.07, 6.45) is 0. The fraction of sp³-hybridized carbons (Fsp3) is 0.176. The molecule has 1 aromatic carbocycles. The van der Waals surface area contributed by atoms with Gasteiger partial charge in [-0.05, 0) is 23.6 Å². The summed E-state index contributed by atoms with van der Waals surface area (Å²) in [6, 6.07) is 9.19. The van der Waals surface area contributed by atoms with Crippen molar-refractivity contribution in [3.8, 4) is 22.1 Å². The molecule has 0 bridgehead atoms. The first kappa shape index (κ1) is 16.5. The Hall–Kier alpha value is -2.38. The summed E-state index contributed by atoms with van der Waals surface area (Å²) in [5.41, 5.74) is 1.54. The molecule has 2 aromatic heterocycles. The first-order valence-corrected chi connectivity index (χ1v) is 8.85. The van der Waals surface area contributed by atoms with E-state index in [0.717, 1.165) is 10.6 Å². The number of benzene rings is 1. The molecule has 7 heteroatoms. The van der Waals surface area contributed by atoms with Gasteiger partial charge in [-0.3, -0.25) is 0 Å². The zero-order valence-corrected chi connectivity index (χ0v) is 14.8. The average molecular weight is 361 g/mol. The van der Waals surface area contributed by atoms with Crippen LogP contribution in [-0.4, -0.2) is 25.2 Å². The van der Waals surface area contributed by atoms with Gasteiger partial charge in [0.15, 0.2) is 11.5 Å². The van der Waals surface area contributed by atoms with Gasteiger partial charge in [0.05, 0.1) is 25.5 Å². The largest absolute Gasteiger partial charge is 0.493 e. The summed E-state index contributed by atoms with van der Waals surface area (Å²) in [5, 5.41) is 4.50. The SMILES string of the molecule is COc1cccc(-c2nc(COC(=O)c3cccs3)cs2)c1OC. The van der Waals surface area contributed by atoms with Crippen molar-refractivity contribution in [1.29, 1.82) is 0 Å². The molecule has 24 heavy (non-hydrogen) atoms. The van der Waals surface area contributed by atoms with Gasteiger partial charge in [-0.15, -0.1) is 22.7 Å². The number of thiazole rings is 1. The van der Waals surface area contributed by atoms with Crippen LogP contribution in [0.2, 0.25) is 0 Å². The van der Waals surface area contributed by atoms with Crippen molar-refractivity contribution in [1.82, 2.24) is 4.98 Å². The highest BCUT2D eigenvalue weighted by atomic mass is 32.1. The van der Waals surface area contributed by atoms with E-state index in [0.29, 0.717) is 22.1 Å². The molecule has 0 saturated heterocycles. The van der Waals surface area contributed by atoms with Gasteiger partial charge in [0, 0.05) is 5.38 Å². The zero-order valence-electron chi connectivity index (χ0n) is 13.1. The molecule has 124 valence electrons. The molecule has 0 aliphatic carbocycles. The average Bonchev–Trinajstić information content (AvgIpc) is 3.30. The Kier molecular flexibility index (Phi) is 5.12. The van der Waals surface area contributed by atoms with E-state index in [1.807, 2.05) is 35.0 Å². The van der Waals surface area contributed by atoms with E-state index in [2.05, 4.69) is 4.98 Å². The Morgan fingerprint density at radius 1 is 1.12 bits per heavy atom. The van der Waals surface area contributed by atoms with Gasteiger partial charge in [0.1, 0.15) is 16.5 Å². The van der Waals surface area contributed by atoms with Crippen LogP contribution < -0.4 is 9.47 Å². The molecule has 0 saturated carbocycles. The normalized spacial score (nSPS) is 10.4. The van der Waals surface area contributed by atoms with Crippen LogP contribution in [0.3, 0.4) is 0 Å². The van der Waals surface area contributed by atoms with Gasteiger partial charge < -0.3 is 14.2 Å². The van der Waals surface area contributed by atoms with Crippen molar-refractivity contribution in [2.75, 3.05) is 14.2 Å². The van der Waals surface area contributed by atoms with Crippen molar-refractivity contribution < 1.29 is 19.0 Å². The number of aromatic nitrogens is 1. The molecule has 0 amide bonds. The lowest BCUT2D eigenvalue weighted by atomic mass is 10.2. The maximum atomic E-state index is 11.9. The van der Waals surface area contributed by atoms with E-state index in [1.165, 1.54) is 22.7 Å². The molecule has 2 heterocycles. The predicted molar refractivity (Wildman–Crippen MR) is 94.1 cm³/mol. The Balaban J connectivity index is 1.75. The maximum absolute atomic E-state index is 11.9. The zero-order chi connectivity index (χ0) is 16.9. The molecule has 0 atom stereocenters. The quantitative estimate of drug-likeness (QED) is 0.615. The highest BCUT2D eigenvalue weighted by molar-refractivity contribution is 7.13. The highest BCUT2D eigenvalue weighted by Crippen LogP contribution is 2.39. The standard InChI is InChI=1S/C17H15NO4S2/c1-20-13-6-3-5-12(15(13)21-2)16-18-11(10-24-16)9-22-17(19)14-7-4-8-23-14/h3-8,10H,9H2,1-2H3. The summed E-state index contributed by atoms with van der Waals surface area (Å²) < 4.78 is 16.0. The third-order valence-electron chi connectivity index (χ3n) is 3.26. The van der Waals surface area contributed by atoms with Gasteiger partial charge in [0.2, 0.25) is 0 Å². The van der Waals surface area contributed by atoms with Crippen molar-refractivity contribution in [2.45, 2.75) is 6.61 Å². The number of ether oxygens (including phenoxy) is 3. The third-order valence-corrected chi connectivity index (χ3v) is 5.03. The lowest BCUT2D eigenvalue weighted by Gasteiger charge is -2.10. The van der Waals surface area contributed by atoms with E-state index >= 15 is 0 Å². The lowest BCUT2D eigenvalue weighted by molar-refractivity contribution is 0.0474. The second kappa shape index (κ2) is 7.46. The molecule has 0 aliphatic rings. The van der Waals surface area contributed by atoms with Gasteiger partial charge in [0.25, 0.3) is 0 Å². The fourth-order valence-corrected chi connectivity index (χ4v) is 3.60. The highest BCUT2D eigenvalue weighted by Gasteiger charge is 2.15. The summed E-state index contributed by atoms with van der Waals surface area (Å²) in [5.74, 6) is 0.950. The van der Waals surface area contributed by atoms with Crippen LogP contribution in [0.25, 0.3) is 10.6 Å².